The summed E-state index contributed by atoms with van der Waals surface area (Å²) in [6, 6.07) is 7.41. The van der Waals surface area contributed by atoms with E-state index in [4.69, 9.17) is 23.2 Å². The minimum Gasteiger partial charge on any atom is -0.350 e. The number of nitrogens with one attached hydrogen (secondary N) is 1. The summed E-state index contributed by atoms with van der Waals surface area (Å²) < 4.78 is 1.91. The summed E-state index contributed by atoms with van der Waals surface area (Å²) in [5, 5.41) is 9.92. The summed E-state index contributed by atoms with van der Waals surface area (Å²) in [5.74, 6) is -0.0270. The van der Waals surface area contributed by atoms with Gasteiger partial charge in [0.05, 0.1) is 17.1 Å². The quantitative estimate of drug-likeness (QED) is 0.602. The van der Waals surface area contributed by atoms with Crippen LogP contribution in [0.3, 0.4) is 0 Å². The molecule has 1 aliphatic rings. The molecule has 30 heavy (non-hydrogen) atoms. The summed E-state index contributed by atoms with van der Waals surface area (Å²) in [6.45, 7) is 8.30. The number of amides is 1. The molecule has 3 heterocycles. The number of carbonyl (C=O) groups excluding carboxylic acids is 1. The van der Waals surface area contributed by atoms with E-state index in [2.05, 4.69) is 27.3 Å². The van der Waals surface area contributed by atoms with Crippen molar-refractivity contribution in [3.8, 4) is 0 Å². The monoisotopic (exact) mass is 465 g/mol. The number of piperazine rings is 1. The van der Waals surface area contributed by atoms with Crippen LogP contribution in [0.15, 0.2) is 24.3 Å². The van der Waals surface area contributed by atoms with Crippen molar-refractivity contribution in [1.29, 1.82) is 0 Å². The predicted molar refractivity (Wildman–Crippen MR) is 124 cm³/mol. The molecule has 0 radical (unpaired) electrons. The molecule has 1 amide bonds. The maximum absolute atomic E-state index is 12.7. The van der Waals surface area contributed by atoms with Gasteiger partial charge in [-0.05, 0) is 37.7 Å². The third-order valence-electron chi connectivity index (χ3n) is 5.48. The van der Waals surface area contributed by atoms with Gasteiger partial charge in [0, 0.05) is 54.7 Å². The molecule has 1 saturated heterocycles. The fourth-order valence-corrected chi connectivity index (χ4v) is 5.17. The molecule has 160 valence electrons. The smallest absolute Gasteiger partial charge is 0.261 e. The van der Waals surface area contributed by atoms with Gasteiger partial charge in [0.2, 0.25) is 0 Å². The van der Waals surface area contributed by atoms with Gasteiger partial charge >= 0.3 is 0 Å². The van der Waals surface area contributed by atoms with Crippen molar-refractivity contribution >= 4 is 50.7 Å². The number of hydrogen-bond acceptors (Lipinski definition) is 5. The van der Waals surface area contributed by atoms with E-state index in [0.717, 1.165) is 54.2 Å². The lowest BCUT2D eigenvalue weighted by Gasteiger charge is -2.32. The van der Waals surface area contributed by atoms with Gasteiger partial charge in [-0.1, -0.05) is 29.3 Å². The van der Waals surface area contributed by atoms with Crippen LogP contribution in [-0.4, -0.2) is 71.8 Å². The second-order valence-corrected chi connectivity index (χ2v) is 9.58. The van der Waals surface area contributed by atoms with E-state index in [1.54, 1.807) is 6.07 Å². The van der Waals surface area contributed by atoms with E-state index < -0.39 is 0 Å². The van der Waals surface area contributed by atoms with Crippen LogP contribution < -0.4 is 5.32 Å². The van der Waals surface area contributed by atoms with Crippen LogP contribution in [-0.2, 0) is 6.54 Å². The lowest BCUT2D eigenvalue weighted by atomic mass is 10.2. The number of benzene rings is 1. The van der Waals surface area contributed by atoms with Crippen LogP contribution in [0, 0.1) is 6.92 Å². The van der Waals surface area contributed by atoms with Crippen molar-refractivity contribution in [1.82, 2.24) is 24.9 Å². The Kier molecular flexibility index (Phi) is 6.65. The number of aromatic nitrogens is 2. The Labute approximate surface area is 190 Å². The number of hydrogen-bond donors (Lipinski definition) is 1. The number of halogens is 2. The highest BCUT2D eigenvalue weighted by atomic mass is 35.5. The average molecular weight is 466 g/mol. The normalized spacial score (nSPS) is 15.7. The van der Waals surface area contributed by atoms with E-state index >= 15 is 0 Å². The lowest BCUT2D eigenvalue weighted by Crippen LogP contribution is -2.46. The molecular weight excluding hydrogens is 441 g/mol. The molecule has 1 fully saturated rings. The van der Waals surface area contributed by atoms with Gasteiger partial charge in [-0.2, -0.15) is 5.10 Å². The number of aryl methyl sites for hydroxylation is 1. The van der Waals surface area contributed by atoms with Gasteiger partial charge in [0.1, 0.15) is 4.83 Å². The number of fused-ring (bicyclic) bond motifs is 1. The zero-order valence-electron chi connectivity index (χ0n) is 17.1. The number of rotatable bonds is 6. The first kappa shape index (κ1) is 21.6. The van der Waals surface area contributed by atoms with Crippen LogP contribution in [0.1, 0.15) is 20.9 Å². The molecule has 3 aromatic rings. The first-order valence-electron chi connectivity index (χ1n) is 10.0. The summed E-state index contributed by atoms with van der Waals surface area (Å²) in [5.41, 5.74) is 1.85. The lowest BCUT2D eigenvalue weighted by molar-refractivity contribution is 0.0945. The molecule has 0 saturated carbocycles. The van der Waals surface area contributed by atoms with E-state index in [1.807, 2.05) is 29.8 Å². The third-order valence-corrected chi connectivity index (χ3v) is 7.21. The zero-order valence-corrected chi connectivity index (χ0v) is 19.4. The molecule has 1 aromatic carbocycles. The molecule has 1 aliphatic heterocycles. The maximum atomic E-state index is 12.7. The number of nitrogens with zero attached hydrogens (tertiary/aromatic N) is 4. The third kappa shape index (κ3) is 4.81. The van der Waals surface area contributed by atoms with Crippen LogP contribution >= 0.6 is 34.5 Å². The minimum absolute atomic E-state index is 0.0270. The largest absolute Gasteiger partial charge is 0.350 e. The Morgan fingerprint density at radius 3 is 2.70 bits per heavy atom. The first-order chi connectivity index (χ1) is 14.4. The van der Waals surface area contributed by atoms with Gasteiger partial charge in [-0.15, -0.1) is 11.3 Å². The molecular formula is C21H25Cl2N5OS. The summed E-state index contributed by atoms with van der Waals surface area (Å²) in [6.07, 6.45) is 0. The first-order valence-corrected chi connectivity index (χ1v) is 11.6. The maximum Gasteiger partial charge on any atom is 0.261 e. The predicted octanol–water partition coefficient (Wildman–Crippen LogP) is 3.74. The van der Waals surface area contributed by atoms with Gasteiger partial charge in [-0.25, -0.2) is 0 Å². The number of thiophene rings is 1. The van der Waals surface area contributed by atoms with Crippen LogP contribution in [0.5, 0.6) is 0 Å². The van der Waals surface area contributed by atoms with Crippen LogP contribution in [0.4, 0.5) is 0 Å². The van der Waals surface area contributed by atoms with Crippen molar-refractivity contribution in [3.05, 3.63) is 50.4 Å². The highest BCUT2D eigenvalue weighted by molar-refractivity contribution is 7.20. The van der Waals surface area contributed by atoms with E-state index in [1.165, 1.54) is 11.3 Å². The minimum atomic E-state index is -0.0270. The van der Waals surface area contributed by atoms with Gasteiger partial charge in [0.15, 0.2) is 0 Å². The average Bonchev–Trinajstić information content (AvgIpc) is 3.27. The summed E-state index contributed by atoms with van der Waals surface area (Å²) in [4.78, 5) is 19.1. The van der Waals surface area contributed by atoms with Crippen molar-refractivity contribution in [2.75, 3.05) is 46.3 Å². The Morgan fingerprint density at radius 1 is 1.20 bits per heavy atom. The number of carbonyl (C=O) groups is 1. The molecule has 0 unspecified atom stereocenters. The van der Waals surface area contributed by atoms with E-state index in [9.17, 15) is 4.79 Å². The summed E-state index contributed by atoms with van der Waals surface area (Å²) in [7, 11) is 2.14. The molecule has 2 aromatic heterocycles. The molecule has 6 nitrogen and oxygen atoms in total. The molecule has 0 aliphatic carbocycles. The Morgan fingerprint density at radius 2 is 1.97 bits per heavy atom. The molecule has 4 rings (SSSR count). The van der Waals surface area contributed by atoms with E-state index in [-0.39, 0.29) is 5.91 Å². The molecule has 9 heteroatoms. The Bertz CT molecular complexity index is 1060. The fourth-order valence-electron chi connectivity index (χ4n) is 3.63. The zero-order chi connectivity index (χ0) is 21.3. The fraction of sp³-hybridized carbons (Fsp3) is 0.429. The molecule has 0 atom stereocenters. The van der Waals surface area contributed by atoms with Crippen molar-refractivity contribution in [3.63, 3.8) is 0 Å². The highest BCUT2D eigenvalue weighted by Gasteiger charge is 2.18. The van der Waals surface area contributed by atoms with Gasteiger partial charge in [-0.3, -0.25) is 14.4 Å². The second-order valence-electron chi connectivity index (χ2n) is 7.71. The Hall–Kier alpha value is -1.64. The van der Waals surface area contributed by atoms with Crippen molar-refractivity contribution in [2.45, 2.75) is 13.5 Å². The molecule has 0 bridgehead atoms. The van der Waals surface area contributed by atoms with Crippen molar-refractivity contribution < 1.29 is 4.79 Å². The standard InChI is InChI=1S/C21H25Cl2N5OS/c1-14-17-12-19(20(29)24-5-6-27-9-7-26(2)8-10-27)30-21(17)28(25-14)13-15-3-4-16(22)11-18(15)23/h3-4,11-12H,5-10,13H2,1-2H3,(H,24,29). The van der Waals surface area contributed by atoms with Gasteiger partial charge in [0.25, 0.3) is 5.91 Å². The van der Waals surface area contributed by atoms with Crippen molar-refractivity contribution in [2.24, 2.45) is 0 Å². The molecule has 0 spiro atoms. The highest BCUT2D eigenvalue weighted by Crippen LogP contribution is 2.30. The van der Waals surface area contributed by atoms with Crippen LogP contribution in [0.2, 0.25) is 10.0 Å². The van der Waals surface area contributed by atoms with Crippen LogP contribution in [0.25, 0.3) is 10.2 Å². The number of likely N-dealkylation sites (N-methyl/N-ethyl adjacent to an activating group) is 1. The van der Waals surface area contributed by atoms with Gasteiger partial charge < -0.3 is 10.2 Å². The molecule has 1 N–H and O–H groups in total. The summed E-state index contributed by atoms with van der Waals surface area (Å²) >= 11 is 13.8. The second kappa shape index (κ2) is 9.24. The SMILES string of the molecule is Cc1nn(Cc2ccc(Cl)cc2Cl)c2sc(C(=O)NCCN3CCN(C)CC3)cc12. The topological polar surface area (TPSA) is 53.4 Å². The van der Waals surface area contributed by atoms with E-state index in [0.29, 0.717) is 28.0 Å². The Balaban J connectivity index is 1.42.